The number of halogens is 1. The number of pyridine rings is 6. The molecule has 1 aliphatic heterocycles. The molecule has 95 heavy (non-hydrogen) atoms. The van der Waals surface area contributed by atoms with E-state index in [0.29, 0.717) is 23.9 Å². The molecule has 0 bridgehead atoms. The van der Waals surface area contributed by atoms with Gasteiger partial charge in [-0.15, -0.1) is 4.33 Å². The number of fused-ring (bicyclic) bond motifs is 9. The summed E-state index contributed by atoms with van der Waals surface area (Å²) in [5, 5.41) is 10.9. The van der Waals surface area contributed by atoms with Gasteiger partial charge in [-0.2, -0.15) is 4.31 Å². The van der Waals surface area contributed by atoms with E-state index in [-0.39, 0.29) is 31.9 Å². The van der Waals surface area contributed by atoms with Crippen molar-refractivity contribution in [2.75, 3.05) is 20.2 Å². The predicted molar refractivity (Wildman–Crippen MR) is 376 cm³/mol. The van der Waals surface area contributed by atoms with E-state index < -0.39 is 10.0 Å². The Hall–Kier alpha value is -9.51. The van der Waals surface area contributed by atoms with Crippen LogP contribution in [0.3, 0.4) is 0 Å². The third-order valence-corrected chi connectivity index (χ3v) is 19.5. The molecule has 16 heteroatoms. The van der Waals surface area contributed by atoms with E-state index >= 15 is 0 Å². The fourth-order valence-electron chi connectivity index (χ4n) is 12.6. The maximum absolute atomic E-state index is 13.3. The SMILES string of the molecule is COOOSc1ccc(-c2ccnc3c2ccc2c(-c4ccc(S(=O)(=O)N5CCCC(C)C5)cc4)ccnc23)cc1.[Cl-].[Ru].c1ccc(-c2ccnc3c2ccc2c(-c4ccccc4)ccnc23)cc1.c1ccc(-c2ccnc3c2ccc2c(-c4ccccc4)ccnc23)cc1. The van der Waals surface area contributed by atoms with Gasteiger partial charge >= 0.3 is 0 Å². The zero-order chi connectivity index (χ0) is 63.1. The van der Waals surface area contributed by atoms with Crippen molar-refractivity contribution >= 4 is 87.5 Å². The number of nitrogens with zero attached hydrogens (tertiary/aromatic N) is 7. The molecule has 16 rings (SSSR count). The van der Waals surface area contributed by atoms with Gasteiger partial charge in [0.05, 0.1) is 57.1 Å². The van der Waals surface area contributed by atoms with E-state index in [4.69, 9.17) is 14.3 Å². The Morgan fingerprint density at radius 1 is 0.389 bits per heavy atom. The quantitative estimate of drug-likeness (QED) is 0.0287. The van der Waals surface area contributed by atoms with Gasteiger partial charge in [-0.25, -0.2) is 13.3 Å². The second-order valence-electron chi connectivity index (χ2n) is 22.7. The van der Waals surface area contributed by atoms with Gasteiger partial charge in [0.1, 0.15) is 0 Å². The molecule has 0 spiro atoms. The van der Waals surface area contributed by atoms with Crippen molar-refractivity contribution in [3.8, 4) is 66.8 Å². The maximum Gasteiger partial charge on any atom is 0.243 e. The van der Waals surface area contributed by atoms with Crippen LogP contribution in [0.2, 0.25) is 0 Å². The van der Waals surface area contributed by atoms with Crippen LogP contribution in [0, 0.1) is 5.92 Å². The third-order valence-electron chi connectivity index (χ3n) is 17.0. The number of piperidine rings is 1. The average molecular weight is 1390 g/mol. The van der Waals surface area contributed by atoms with E-state index in [1.165, 1.54) is 51.6 Å². The first-order chi connectivity index (χ1) is 45.8. The molecule has 0 N–H and O–H groups in total. The number of benzene rings is 9. The first-order valence-corrected chi connectivity index (χ1v) is 32.9. The molecule has 6 aromatic heterocycles. The maximum atomic E-state index is 13.3. The normalized spacial score (nSPS) is 13.1. The summed E-state index contributed by atoms with van der Waals surface area (Å²) < 4.78 is 33.0. The molecule has 1 saturated heterocycles. The Morgan fingerprint density at radius 3 is 0.958 bits per heavy atom. The van der Waals surface area contributed by atoms with Crippen LogP contribution in [0.5, 0.6) is 0 Å². The summed E-state index contributed by atoms with van der Waals surface area (Å²) in [4.78, 5) is 33.7. The van der Waals surface area contributed by atoms with Crippen LogP contribution in [0.1, 0.15) is 19.8 Å². The fraction of sp³-hybridized carbons (Fsp3) is 0.0886. The Kier molecular flexibility index (Phi) is 20.6. The van der Waals surface area contributed by atoms with Crippen LogP contribution in [-0.2, 0) is 43.8 Å². The second kappa shape index (κ2) is 29.8. The molecule has 0 saturated carbocycles. The molecule has 0 aliphatic carbocycles. The summed E-state index contributed by atoms with van der Waals surface area (Å²) in [6.07, 6.45) is 13.0. The van der Waals surface area contributed by atoms with E-state index in [0.717, 1.165) is 117 Å². The van der Waals surface area contributed by atoms with Crippen LogP contribution >= 0.6 is 12.0 Å². The molecule has 1 atom stereocenters. The van der Waals surface area contributed by atoms with E-state index in [9.17, 15) is 8.42 Å². The smallest absolute Gasteiger partial charge is 0.243 e. The zero-order valence-corrected chi connectivity index (χ0v) is 55.8. The Labute approximate surface area is 574 Å². The Morgan fingerprint density at radius 2 is 0.674 bits per heavy atom. The van der Waals surface area contributed by atoms with Crippen LogP contribution < -0.4 is 12.4 Å². The van der Waals surface area contributed by atoms with Gasteiger partial charge in [-0.3, -0.25) is 29.9 Å². The fourth-order valence-corrected chi connectivity index (χ4v) is 14.6. The van der Waals surface area contributed by atoms with Crippen molar-refractivity contribution in [2.45, 2.75) is 29.6 Å². The Balaban J connectivity index is 0.000000140. The number of hydrogen-bond donors (Lipinski definition) is 0. The van der Waals surface area contributed by atoms with Crippen LogP contribution in [0.25, 0.3) is 132 Å². The second-order valence-corrected chi connectivity index (χ2v) is 25.4. The summed E-state index contributed by atoms with van der Waals surface area (Å²) in [5.41, 5.74) is 18.9. The van der Waals surface area contributed by atoms with Crippen molar-refractivity contribution in [1.29, 1.82) is 0 Å². The van der Waals surface area contributed by atoms with E-state index in [1.807, 2.05) is 97.6 Å². The van der Waals surface area contributed by atoms with Crippen molar-refractivity contribution in [1.82, 2.24) is 34.2 Å². The summed E-state index contributed by atoms with van der Waals surface area (Å²) in [7, 11) is -2.14. The van der Waals surface area contributed by atoms with Gasteiger partial charge in [0, 0.05) is 107 Å². The van der Waals surface area contributed by atoms with Gasteiger partial charge in [-0.05, 0) is 146 Å². The average Bonchev–Trinajstić information content (AvgIpc) is 0.841. The largest absolute Gasteiger partial charge is 1.00 e. The van der Waals surface area contributed by atoms with Crippen molar-refractivity contribution < 1.29 is 54.6 Å². The summed E-state index contributed by atoms with van der Waals surface area (Å²) in [5.74, 6) is 0.374. The molecule has 12 nitrogen and oxygen atoms in total. The molecule has 1 aliphatic rings. The minimum atomic E-state index is -3.51. The first kappa shape index (κ1) is 65.6. The predicted octanol–water partition coefficient (Wildman–Crippen LogP) is 16.3. The molecule has 470 valence electrons. The monoisotopic (exact) mass is 1390 g/mol. The molecule has 0 radical (unpaired) electrons. The van der Waals surface area contributed by atoms with Crippen molar-refractivity contribution in [2.24, 2.45) is 5.92 Å². The molecular weight excluding hydrogens is 1330 g/mol. The van der Waals surface area contributed by atoms with E-state index in [2.05, 4.69) is 195 Å². The van der Waals surface area contributed by atoms with Gasteiger partial charge in [0.2, 0.25) is 10.0 Å². The van der Waals surface area contributed by atoms with Gasteiger partial charge in [0.15, 0.2) is 0 Å². The molecule has 9 aromatic carbocycles. The van der Waals surface area contributed by atoms with Crippen LogP contribution in [-0.4, -0.2) is 62.8 Å². The molecule has 1 fully saturated rings. The van der Waals surface area contributed by atoms with Crippen LogP contribution in [0.4, 0.5) is 0 Å². The Bertz CT molecular complexity index is 4890. The summed E-state index contributed by atoms with van der Waals surface area (Å²) >= 11 is 1.06. The standard InChI is InChI=1S/C31H29N3O5S2.2C24H16N2.ClH.Ru/c1-21-4-3-19-34(20-21)41(35,36)25-11-7-23(8-12-25)27-16-18-33-31-29(27)14-13-28-26(15-17-32-30(28)31)22-5-9-24(10-6-22)40-39-38-37-2;2*1-3-7-17(8-4-1)19-13-15-25-23-21(19)11-12-22-20(14-16-26-24(22)23)18-9-5-2-6-10-18;;/h5-18,21H,3-4,19-20H2,1-2H3;2*1-16H;1H;/p-1. The zero-order valence-electron chi connectivity index (χ0n) is 51.7. The topological polar surface area (TPSA) is 142 Å². The number of sulfonamides is 1. The van der Waals surface area contributed by atoms with Gasteiger partial charge < -0.3 is 12.4 Å². The summed E-state index contributed by atoms with van der Waals surface area (Å²) in [6.45, 7) is 3.25. The van der Waals surface area contributed by atoms with Gasteiger partial charge in [0.25, 0.3) is 0 Å². The molecule has 7 heterocycles. The molecular formula is C79H61ClN7O5RuS2-. The van der Waals surface area contributed by atoms with Crippen molar-refractivity contribution in [3.05, 3.63) is 280 Å². The van der Waals surface area contributed by atoms with Crippen molar-refractivity contribution in [3.63, 3.8) is 0 Å². The van der Waals surface area contributed by atoms with Gasteiger partial charge in [-0.1, -0.05) is 194 Å². The minimum absolute atomic E-state index is 0. The van der Waals surface area contributed by atoms with E-state index in [1.54, 1.807) is 28.8 Å². The minimum Gasteiger partial charge on any atom is -1.00 e. The third kappa shape index (κ3) is 13.7. The number of rotatable bonds is 12. The molecule has 0 amide bonds. The molecule has 1 unspecified atom stereocenters. The van der Waals surface area contributed by atoms with Crippen LogP contribution in [0.15, 0.2) is 290 Å². The summed E-state index contributed by atoms with van der Waals surface area (Å²) in [6, 6.07) is 81.9. The number of aromatic nitrogens is 6. The first-order valence-electron chi connectivity index (χ1n) is 30.7. The number of hydrogen-bond acceptors (Lipinski definition) is 12. The molecule has 15 aromatic rings.